The number of hydrogen-bond acceptors (Lipinski definition) is 2. The standard InChI is InChI=1S/C11H11ClF2N2O.ClH/c12-8-4-10(14)9(13)3-7(8)11(17)16-6-1-2-15-5-6;/h3-4,6,15H,1-2,5H2,(H,16,17);1H. The number of amides is 1. The Labute approximate surface area is 114 Å². The van der Waals surface area contributed by atoms with E-state index in [1.807, 2.05) is 0 Å². The summed E-state index contributed by atoms with van der Waals surface area (Å²) in [5.41, 5.74) is -0.0440. The van der Waals surface area contributed by atoms with Crippen molar-refractivity contribution in [3.63, 3.8) is 0 Å². The van der Waals surface area contributed by atoms with Crippen LogP contribution in [0.15, 0.2) is 12.1 Å². The predicted molar refractivity (Wildman–Crippen MR) is 67.4 cm³/mol. The Morgan fingerprint density at radius 2 is 2.06 bits per heavy atom. The Morgan fingerprint density at radius 1 is 1.39 bits per heavy atom. The molecule has 1 fully saturated rings. The van der Waals surface area contributed by atoms with E-state index < -0.39 is 17.5 Å². The largest absolute Gasteiger partial charge is 0.348 e. The van der Waals surface area contributed by atoms with Crippen molar-refractivity contribution in [2.24, 2.45) is 0 Å². The first kappa shape index (κ1) is 15.1. The Bertz CT molecular complexity index is 451. The van der Waals surface area contributed by atoms with Gasteiger partial charge in [0.25, 0.3) is 5.91 Å². The molecule has 1 aromatic rings. The van der Waals surface area contributed by atoms with Crippen molar-refractivity contribution in [1.29, 1.82) is 0 Å². The zero-order chi connectivity index (χ0) is 12.4. The van der Waals surface area contributed by atoms with Crippen LogP contribution in [0.4, 0.5) is 8.78 Å². The first-order valence-corrected chi connectivity index (χ1v) is 5.62. The van der Waals surface area contributed by atoms with Crippen LogP contribution in [0.3, 0.4) is 0 Å². The Morgan fingerprint density at radius 3 is 2.67 bits per heavy atom. The van der Waals surface area contributed by atoms with E-state index >= 15 is 0 Å². The summed E-state index contributed by atoms with van der Waals surface area (Å²) in [6, 6.07) is 1.63. The van der Waals surface area contributed by atoms with E-state index in [0.29, 0.717) is 6.54 Å². The minimum Gasteiger partial charge on any atom is -0.348 e. The second kappa shape index (κ2) is 6.31. The van der Waals surface area contributed by atoms with E-state index in [4.69, 9.17) is 11.6 Å². The van der Waals surface area contributed by atoms with Gasteiger partial charge in [0.15, 0.2) is 11.6 Å². The predicted octanol–water partition coefficient (Wildman–Crippen LogP) is 2.13. The molecule has 1 amide bonds. The van der Waals surface area contributed by atoms with E-state index in [1.165, 1.54) is 0 Å². The molecule has 0 aromatic heterocycles. The number of hydrogen-bond donors (Lipinski definition) is 2. The Hall–Kier alpha value is -0.910. The number of nitrogens with one attached hydrogen (secondary N) is 2. The molecule has 1 heterocycles. The third-order valence-corrected chi connectivity index (χ3v) is 2.96. The minimum atomic E-state index is -1.08. The Kier molecular flexibility index (Phi) is 5.31. The third kappa shape index (κ3) is 3.31. The third-order valence-electron chi connectivity index (χ3n) is 2.65. The second-order valence-electron chi connectivity index (χ2n) is 3.91. The van der Waals surface area contributed by atoms with Gasteiger partial charge in [0.1, 0.15) is 0 Å². The van der Waals surface area contributed by atoms with E-state index in [2.05, 4.69) is 10.6 Å². The van der Waals surface area contributed by atoms with Crippen molar-refractivity contribution in [3.05, 3.63) is 34.4 Å². The summed E-state index contributed by atoms with van der Waals surface area (Å²) in [6.45, 7) is 1.50. The van der Waals surface area contributed by atoms with Crippen molar-refractivity contribution in [1.82, 2.24) is 10.6 Å². The van der Waals surface area contributed by atoms with Crippen molar-refractivity contribution >= 4 is 29.9 Å². The van der Waals surface area contributed by atoms with Gasteiger partial charge in [0.05, 0.1) is 10.6 Å². The fourth-order valence-electron chi connectivity index (χ4n) is 1.74. The maximum Gasteiger partial charge on any atom is 0.253 e. The molecule has 1 unspecified atom stereocenters. The maximum absolute atomic E-state index is 13.0. The first-order valence-electron chi connectivity index (χ1n) is 5.24. The van der Waals surface area contributed by atoms with Crippen LogP contribution in [-0.2, 0) is 0 Å². The first-order chi connectivity index (χ1) is 8.08. The van der Waals surface area contributed by atoms with Crippen LogP contribution in [0.25, 0.3) is 0 Å². The van der Waals surface area contributed by atoms with Crippen LogP contribution in [0.1, 0.15) is 16.8 Å². The molecule has 1 aliphatic rings. The minimum absolute atomic E-state index is 0. The summed E-state index contributed by atoms with van der Waals surface area (Å²) < 4.78 is 25.8. The number of halogens is 4. The number of rotatable bonds is 2. The molecule has 0 aliphatic carbocycles. The van der Waals surface area contributed by atoms with Crippen molar-refractivity contribution in [2.45, 2.75) is 12.5 Å². The van der Waals surface area contributed by atoms with Crippen molar-refractivity contribution < 1.29 is 13.6 Å². The molecule has 18 heavy (non-hydrogen) atoms. The Balaban J connectivity index is 0.00000162. The summed E-state index contributed by atoms with van der Waals surface area (Å²) in [4.78, 5) is 11.8. The van der Waals surface area contributed by atoms with Crippen LogP contribution >= 0.6 is 24.0 Å². The molecule has 2 N–H and O–H groups in total. The van der Waals surface area contributed by atoms with Gasteiger partial charge in [-0.3, -0.25) is 4.79 Å². The van der Waals surface area contributed by atoms with E-state index in [9.17, 15) is 13.6 Å². The highest BCUT2D eigenvalue weighted by Crippen LogP contribution is 2.20. The summed E-state index contributed by atoms with van der Waals surface area (Å²) >= 11 is 5.70. The quantitative estimate of drug-likeness (QED) is 0.821. The lowest BCUT2D eigenvalue weighted by molar-refractivity contribution is 0.0939. The van der Waals surface area contributed by atoms with Gasteiger partial charge in [-0.2, -0.15) is 0 Å². The topological polar surface area (TPSA) is 41.1 Å². The molecule has 1 saturated heterocycles. The summed E-state index contributed by atoms with van der Waals surface area (Å²) in [7, 11) is 0. The molecule has 0 spiro atoms. The average molecular weight is 297 g/mol. The van der Waals surface area contributed by atoms with Gasteiger partial charge >= 0.3 is 0 Å². The lowest BCUT2D eigenvalue weighted by Crippen LogP contribution is -2.36. The van der Waals surface area contributed by atoms with Gasteiger partial charge in [0.2, 0.25) is 0 Å². The van der Waals surface area contributed by atoms with Gasteiger partial charge in [-0.25, -0.2) is 8.78 Å². The molecular weight excluding hydrogens is 285 g/mol. The molecule has 100 valence electrons. The molecule has 0 bridgehead atoms. The SMILES string of the molecule is Cl.O=C(NC1CCNC1)c1cc(F)c(F)cc1Cl. The second-order valence-corrected chi connectivity index (χ2v) is 4.32. The maximum atomic E-state index is 13.0. The highest BCUT2D eigenvalue weighted by atomic mass is 35.5. The molecule has 0 radical (unpaired) electrons. The van der Waals surface area contributed by atoms with Gasteiger partial charge < -0.3 is 10.6 Å². The zero-order valence-corrected chi connectivity index (χ0v) is 10.9. The smallest absolute Gasteiger partial charge is 0.253 e. The highest BCUT2D eigenvalue weighted by Gasteiger charge is 2.20. The van der Waals surface area contributed by atoms with Crippen LogP contribution in [0.5, 0.6) is 0 Å². The van der Waals surface area contributed by atoms with Gasteiger partial charge in [-0.15, -0.1) is 12.4 Å². The molecule has 0 saturated carbocycles. The van der Waals surface area contributed by atoms with Crippen molar-refractivity contribution in [2.75, 3.05) is 13.1 Å². The summed E-state index contributed by atoms with van der Waals surface area (Å²) in [5.74, 6) is -2.62. The van der Waals surface area contributed by atoms with E-state index in [-0.39, 0.29) is 29.0 Å². The molecule has 2 rings (SSSR count). The van der Waals surface area contributed by atoms with E-state index in [1.54, 1.807) is 0 Å². The molecule has 3 nitrogen and oxygen atoms in total. The number of carbonyl (C=O) groups is 1. The molecule has 1 atom stereocenters. The lowest BCUT2D eigenvalue weighted by atomic mass is 10.1. The normalized spacial score (nSPS) is 18.3. The molecule has 1 aliphatic heterocycles. The number of carbonyl (C=O) groups excluding carboxylic acids is 1. The van der Waals surface area contributed by atoms with E-state index in [0.717, 1.165) is 25.1 Å². The summed E-state index contributed by atoms with van der Waals surface area (Å²) in [5, 5.41) is 5.70. The molecular formula is C11H12Cl2F2N2O. The fraction of sp³-hybridized carbons (Fsp3) is 0.364. The van der Waals surface area contributed by atoms with Crippen molar-refractivity contribution in [3.8, 4) is 0 Å². The summed E-state index contributed by atoms with van der Waals surface area (Å²) in [6.07, 6.45) is 0.813. The van der Waals surface area contributed by atoms with Gasteiger partial charge in [-0.05, 0) is 25.1 Å². The van der Waals surface area contributed by atoms with Crippen LogP contribution in [-0.4, -0.2) is 25.0 Å². The van der Waals surface area contributed by atoms with Crippen LogP contribution < -0.4 is 10.6 Å². The highest BCUT2D eigenvalue weighted by molar-refractivity contribution is 6.33. The van der Waals surface area contributed by atoms with Crippen LogP contribution in [0.2, 0.25) is 5.02 Å². The van der Waals surface area contributed by atoms with Crippen LogP contribution in [0, 0.1) is 11.6 Å². The van der Waals surface area contributed by atoms with Gasteiger partial charge in [0, 0.05) is 12.6 Å². The van der Waals surface area contributed by atoms with Gasteiger partial charge in [-0.1, -0.05) is 11.6 Å². The fourth-order valence-corrected chi connectivity index (χ4v) is 1.97. The number of benzene rings is 1. The molecule has 7 heteroatoms. The lowest BCUT2D eigenvalue weighted by Gasteiger charge is -2.12. The average Bonchev–Trinajstić information content (AvgIpc) is 2.76. The zero-order valence-electron chi connectivity index (χ0n) is 9.30. The molecule has 1 aromatic carbocycles. The monoisotopic (exact) mass is 296 g/mol.